The van der Waals surface area contributed by atoms with Crippen molar-refractivity contribution >= 4 is 18.1 Å². The van der Waals surface area contributed by atoms with Crippen molar-refractivity contribution in [1.29, 1.82) is 0 Å². The zero-order valence-electron chi connectivity index (χ0n) is 16.0. The number of aromatic amines is 1. The van der Waals surface area contributed by atoms with E-state index in [2.05, 4.69) is 20.7 Å². The number of nitrogens with zero attached hydrogens (tertiary/aromatic N) is 2. The Kier molecular flexibility index (Phi) is 6.36. The van der Waals surface area contributed by atoms with Gasteiger partial charge in [0.1, 0.15) is 0 Å². The van der Waals surface area contributed by atoms with E-state index in [1.807, 2.05) is 13.0 Å². The Hall–Kier alpha value is -3.94. The van der Waals surface area contributed by atoms with Crippen LogP contribution in [0.1, 0.15) is 39.0 Å². The molecule has 1 amide bonds. The Labute approximate surface area is 167 Å². The summed E-state index contributed by atoms with van der Waals surface area (Å²) in [6.45, 7) is 4.02. The molecule has 3 rings (SSSR count). The number of aryl methyl sites for hydroxylation is 1. The molecule has 2 N–H and O–H groups in total. The number of hydrogen-bond donors (Lipinski definition) is 2. The number of ether oxygens (including phenoxy) is 2. The summed E-state index contributed by atoms with van der Waals surface area (Å²) in [5, 5.41) is 10.5. The Balaban J connectivity index is 1.70. The fraction of sp³-hybridized carbons (Fsp3) is 0.143. The molecular weight excluding hydrogens is 372 g/mol. The molecule has 0 aliphatic heterocycles. The lowest BCUT2D eigenvalue weighted by atomic mass is 10.2. The van der Waals surface area contributed by atoms with Gasteiger partial charge < -0.3 is 9.47 Å². The summed E-state index contributed by atoms with van der Waals surface area (Å²) < 4.78 is 11.0. The minimum absolute atomic E-state index is 0.248. The van der Waals surface area contributed by atoms with Gasteiger partial charge in [-0.1, -0.05) is 18.2 Å². The van der Waals surface area contributed by atoms with E-state index >= 15 is 0 Å². The highest BCUT2D eigenvalue weighted by Crippen LogP contribution is 2.28. The Morgan fingerprint density at radius 3 is 2.62 bits per heavy atom. The molecule has 0 aliphatic carbocycles. The van der Waals surface area contributed by atoms with Crippen molar-refractivity contribution in [3.05, 3.63) is 77.1 Å². The monoisotopic (exact) mass is 392 g/mol. The summed E-state index contributed by atoms with van der Waals surface area (Å²) in [5.74, 6) is -0.206. The van der Waals surface area contributed by atoms with E-state index in [0.29, 0.717) is 29.2 Å². The SMILES string of the molecule is CCOc1cc(/C=N/NC(=O)c2cc(C)[nH]n2)ccc1OC(=O)c1ccccc1. The van der Waals surface area contributed by atoms with Crippen LogP contribution in [0.3, 0.4) is 0 Å². The standard InChI is InChI=1S/C21H20N4O4/c1-3-28-19-12-15(13-22-25-20(26)17-11-14(2)23-24-17)9-10-18(19)29-21(27)16-7-5-4-6-8-16/h4-13H,3H2,1-2H3,(H,23,24)(H,25,26)/b22-13+. The summed E-state index contributed by atoms with van der Waals surface area (Å²) in [6, 6.07) is 15.3. The van der Waals surface area contributed by atoms with Crippen molar-refractivity contribution in [3.63, 3.8) is 0 Å². The number of nitrogens with one attached hydrogen (secondary N) is 2. The van der Waals surface area contributed by atoms with Crippen LogP contribution < -0.4 is 14.9 Å². The largest absolute Gasteiger partial charge is 0.490 e. The van der Waals surface area contributed by atoms with Gasteiger partial charge in [0.15, 0.2) is 17.2 Å². The van der Waals surface area contributed by atoms with Crippen molar-refractivity contribution < 1.29 is 19.1 Å². The Morgan fingerprint density at radius 1 is 1.14 bits per heavy atom. The molecule has 8 nitrogen and oxygen atoms in total. The highest BCUT2D eigenvalue weighted by atomic mass is 16.6. The van der Waals surface area contributed by atoms with Gasteiger partial charge in [-0.3, -0.25) is 9.89 Å². The van der Waals surface area contributed by atoms with Crippen molar-refractivity contribution in [2.45, 2.75) is 13.8 Å². The lowest BCUT2D eigenvalue weighted by Gasteiger charge is -2.11. The van der Waals surface area contributed by atoms with Crippen LogP contribution in [-0.2, 0) is 0 Å². The highest BCUT2D eigenvalue weighted by molar-refractivity contribution is 5.93. The zero-order valence-corrected chi connectivity index (χ0v) is 16.0. The molecule has 1 heterocycles. The summed E-state index contributed by atoms with van der Waals surface area (Å²) in [7, 11) is 0. The number of carbonyl (C=O) groups excluding carboxylic acids is 2. The van der Waals surface area contributed by atoms with Crippen molar-refractivity contribution in [3.8, 4) is 11.5 Å². The predicted molar refractivity (Wildman–Crippen MR) is 107 cm³/mol. The Morgan fingerprint density at radius 2 is 1.93 bits per heavy atom. The summed E-state index contributed by atoms with van der Waals surface area (Å²) >= 11 is 0. The fourth-order valence-electron chi connectivity index (χ4n) is 2.45. The molecule has 0 aliphatic rings. The number of hydrogen-bond acceptors (Lipinski definition) is 6. The van der Waals surface area contributed by atoms with E-state index in [1.165, 1.54) is 6.21 Å². The van der Waals surface area contributed by atoms with E-state index < -0.39 is 11.9 Å². The molecule has 0 unspecified atom stereocenters. The van der Waals surface area contributed by atoms with Gasteiger partial charge in [0.05, 0.1) is 18.4 Å². The molecule has 148 valence electrons. The Bertz CT molecular complexity index is 1030. The van der Waals surface area contributed by atoms with Crippen molar-refractivity contribution in [2.75, 3.05) is 6.61 Å². The zero-order chi connectivity index (χ0) is 20.6. The second-order valence-corrected chi connectivity index (χ2v) is 6.03. The van der Waals surface area contributed by atoms with Crippen LogP contribution in [0.15, 0.2) is 59.7 Å². The normalized spacial score (nSPS) is 10.7. The lowest BCUT2D eigenvalue weighted by Crippen LogP contribution is -2.18. The molecule has 0 saturated carbocycles. The smallest absolute Gasteiger partial charge is 0.343 e. The van der Waals surface area contributed by atoms with Gasteiger partial charge in [-0.25, -0.2) is 10.2 Å². The minimum atomic E-state index is -0.477. The van der Waals surface area contributed by atoms with Gasteiger partial charge in [0.2, 0.25) is 0 Å². The van der Waals surface area contributed by atoms with Crippen LogP contribution in [0, 0.1) is 6.92 Å². The molecule has 8 heteroatoms. The maximum atomic E-state index is 12.3. The molecular formula is C21H20N4O4. The first-order valence-corrected chi connectivity index (χ1v) is 8.96. The van der Waals surface area contributed by atoms with Crippen molar-refractivity contribution in [2.24, 2.45) is 5.10 Å². The molecule has 0 spiro atoms. The van der Waals surface area contributed by atoms with E-state index in [9.17, 15) is 9.59 Å². The summed E-state index contributed by atoms with van der Waals surface area (Å²) in [4.78, 5) is 24.2. The van der Waals surface area contributed by atoms with Crippen LogP contribution in [0.2, 0.25) is 0 Å². The van der Waals surface area contributed by atoms with Gasteiger partial charge in [-0.05, 0) is 55.8 Å². The molecule has 0 bridgehead atoms. The lowest BCUT2D eigenvalue weighted by molar-refractivity contribution is 0.0728. The van der Waals surface area contributed by atoms with Gasteiger partial charge >= 0.3 is 5.97 Å². The third-order valence-electron chi connectivity index (χ3n) is 3.80. The second-order valence-electron chi connectivity index (χ2n) is 6.03. The fourth-order valence-corrected chi connectivity index (χ4v) is 2.45. The number of esters is 1. The van der Waals surface area contributed by atoms with Crippen LogP contribution in [-0.4, -0.2) is 34.9 Å². The predicted octanol–water partition coefficient (Wildman–Crippen LogP) is 3.10. The van der Waals surface area contributed by atoms with Crippen LogP contribution in [0.5, 0.6) is 11.5 Å². The average molecular weight is 392 g/mol. The molecule has 29 heavy (non-hydrogen) atoms. The molecule has 0 fully saturated rings. The topological polar surface area (TPSA) is 106 Å². The van der Waals surface area contributed by atoms with E-state index in [4.69, 9.17) is 9.47 Å². The van der Waals surface area contributed by atoms with Gasteiger partial charge in [-0.15, -0.1) is 0 Å². The first-order valence-electron chi connectivity index (χ1n) is 8.96. The molecule has 0 radical (unpaired) electrons. The van der Waals surface area contributed by atoms with Gasteiger partial charge in [0.25, 0.3) is 5.91 Å². The van der Waals surface area contributed by atoms with Crippen LogP contribution in [0.4, 0.5) is 0 Å². The number of rotatable bonds is 7. The third-order valence-corrected chi connectivity index (χ3v) is 3.80. The molecule has 1 aromatic heterocycles. The summed E-state index contributed by atoms with van der Waals surface area (Å²) in [5.41, 5.74) is 4.53. The maximum absolute atomic E-state index is 12.3. The summed E-state index contributed by atoms with van der Waals surface area (Å²) in [6.07, 6.45) is 1.46. The maximum Gasteiger partial charge on any atom is 0.343 e. The quantitative estimate of drug-likeness (QED) is 0.278. The second kappa shape index (κ2) is 9.32. The number of H-pyrrole nitrogens is 1. The molecule has 0 atom stereocenters. The number of hydrazone groups is 1. The first kappa shape index (κ1) is 19.8. The number of carbonyl (C=O) groups is 2. The number of amides is 1. The van der Waals surface area contributed by atoms with E-state index in [1.54, 1.807) is 55.5 Å². The van der Waals surface area contributed by atoms with Crippen molar-refractivity contribution in [1.82, 2.24) is 15.6 Å². The van der Waals surface area contributed by atoms with Gasteiger partial charge in [-0.2, -0.15) is 10.2 Å². The molecule has 2 aromatic carbocycles. The van der Waals surface area contributed by atoms with Crippen LogP contribution >= 0.6 is 0 Å². The number of aromatic nitrogens is 2. The average Bonchev–Trinajstić information content (AvgIpc) is 3.17. The van der Waals surface area contributed by atoms with Crippen LogP contribution in [0.25, 0.3) is 0 Å². The third kappa shape index (κ3) is 5.29. The molecule has 3 aromatic rings. The van der Waals surface area contributed by atoms with E-state index in [0.717, 1.165) is 5.69 Å². The van der Waals surface area contributed by atoms with Gasteiger partial charge in [0, 0.05) is 5.69 Å². The molecule has 0 saturated heterocycles. The first-order chi connectivity index (χ1) is 14.1. The van der Waals surface area contributed by atoms with E-state index in [-0.39, 0.29) is 5.69 Å². The minimum Gasteiger partial charge on any atom is -0.490 e. The highest BCUT2D eigenvalue weighted by Gasteiger charge is 2.13. The number of benzene rings is 2.